The second kappa shape index (κ2) is 11.1. The second-order valence-corrected chi connectivity index (χ2v) is 9.91. The van der Waals surface area contributed by atoms with Crippen LogP contribution in [0, 0.1) is 13.8 Å². The molecule has 0 bridgehead atoms. The summed E-state index contributed by atoms with van der Waals surface area (Å²) >= 11 is 7.48. The SMILES string of the molecule is Cc1cc(C(=O)CSc2nnc(-c3ccccc3)n2-c2ccc(Cl)cc2)c(C)n1OCc1ccccc1. The first-order valence-corrected chi connectivity index (χ1v) is 13.2. The molecule has 0 fully saturated rings. The average molecular weight is 529 g/mol. The van der Waals surface area contributed by atoms with E-state index < -0.39 is 0 Å². The molecule has 2 heterocycles. The van der Waals surface area contributed by atoms with Gasteiger partial charge in [-0.3, -0.25) is 9.36 Å². The molecule has 0 atom stereocenters. The van der Waals surface area contributed by atoms with Gasteiger partial charge in [0.15, 0.2) is 16.8 Å². The predicted molar refractivity (Wildman–Crippen MR) is 147 cm³/mol. The number of ketones is 1. The van der Waals surface area contributed by atoms with Crippen molar-refractivity contribution < 1.29 is 9.63 Å². The standard InChI is InChI=1S/C29H25ClN4O2S/c1-20-17-26(21(2)34(20)36-18-22-9-5-3-6-10-22)27(35)19-37-29-32-31-28(23-11-7-4-8-12-23)33(29)25-15-13-24(30)14-16-25/h3-17H,18-19H2,1-2H3. The van der Waals surface area contributed by atoms with Gasteiger partial charge in [-0.05, 0) is 49.7 Å². The number of rotatable bonds is 9. The minimum absolute atomic E-state index is 0.000390. The number of nitrogens with zero attached hydrogens (tertiary/aromatic N) is 4. The molecule has 3 aromatic carbocycles. The van der Waals surface area contributed by atoms with E-state index >= 15 is 0 Å². The Morgan fingerprint density at radius 3 is 2.30 bits per heavy atom. The van der Waals surface area contributed by atoms with Gasteiger partial charge in [-0.25, -0.2) is 0 Å². The lowest BCUT2D eigenvalue weighted by atomic mass is 10.2. The van der Waals surface area contributed by atoms with Crippen LogP contribution in [0.1, 0.15) is 27.3 Å². The Kier molecular flexibility index (Phi) is 7.44. The third kappa shape index (κ3) is 5.48. The molecule has 0 amide bonds. The normalized spacial score (nSPS) is 11.0. The maximum Gasteiger partial charge on any atom is 0.196 e. The van der Waals surface area contributed by atoms with Crippen molar-refractivity contribution in [3.63, 3.8) is 0 Å². The molecule has 0 N–H and O–H groups in total. The Hall–Kier alpha value is -3.81. The van der Waals surface area contributed by atoms with Crippen LogP contribution in [-0.2, 0) is 6.61 Å². The first kappa shape index (κ1) is 24.9. The number of aromatic nitrogens is 4. The number of thioether (sulfide) groups is 1. The van der Waals surface area contributed by atoms with Crippen LogP contribution in [0.15, 0.2) is 96.2 Å². The van der Waals surface area contributed by atoms with Gasteiger partial charge in [0.05, 0.1) is 17.1 Å². The summed E-state index contributed by atoms with van der Waals surface area (Å²) in [5.41, 5.74) is 5.16. The molecule has 0 radical (unpaired) electrons. The highest BCUT2D eigenvalue weighted by Gasteiger charge is 2.21. The van der Waals surface area contributed by atoms with Crippen molar-refractivity contribution in [2.45, 2.75) is 25.6 Å². The lowest BCUT2D eigenvalue weighted by Gasteiger charge is -2.12. The van der Waals surface area contributed by atoms with Crippen LogP contribution in [-0.4, -0.2) is 31.0 Å². The second-order valence-electron chi connectivity index (χ2n) is 8.53. The molecule has 37 heavy (non-hydrogen) atoms. The number of benzene rings is 3. The van der Waals surface area contributed by atoms with Crippen LogP contribution in [0.25, 0.3) is 17.1 Å². The summed E-state index contributed by atoms with van der Waals surface area (Å²) < 4.78 is 3.69. The van der Waals surface area contributed by atoms with E-state index in [9.17, 15) is 4.79 Å². The van der Waals surface area contributed by atoms with E-state index in [-0.39, 0.29) is 11.5 Å². The topological polar surface area (TPSA) is 61.9 Å². The highest BCUT2D eigenvalue weighted by molar-refractivity contribution is 7.99. The summed E-state index contributed by atoms with van der Waals surface area (Å²) in [5, 5.41) is 10.1. The lowest BCUT2D eigenvalue weighted by molar-refractivity contribution is 0.0881. The molecule has 8 heteroatoms. The molecule has 2 aromatic heterocycles. The van der Waals surface area contributed by atoms with E-state index in [1.807, 2.05) is 109 Å². The molecular formula is C29H25ClN4O2S. The van der Waals surface area contributed by atoms with Gasteiger partial charge in [0.2, 0.25) is 0 Å². The first-order chi connectivity index (χ1) is 18.0. The zero-order chi connectivity index (χ0) is 25.8. The fourth-order valence-electron chi connectivity index (χ4n) is 4.11. The van der Waals surface area contributed by atoms with Crippen LogP contribution in [0.4, 0.5) is 0 Å². The quantitative estimate of drug-likeness (QED) is 0.159. The number of hydrogen-bond acceptors (Lipinski definition) is 5. The van der Waals surface area contributed by atoms with Gasteiger partial charge in [-0.1, -0.05) is 84.0 Å². The van der Waals surface area contributed by atoms with E-state index in [0.717, 1.165) is 28.2 Å². The Balaban J connectivity index is 1.37. The number of hydrogen-bond donors (Lipinski definition) is 0. The average Bonchev–Trinajstić information content (AvgIpc) is 3.48. The van der Waals surface area contributed by atoms with Gasteiger partial charge in [0, 0.05) is 21.8 Å². The van der Waals surface area contributed by atoms with Crippen molar-refractivity contribution in [3.8, 4) is 17.1 Å². The van der Waals surface area contributed by atoms with E-state index in [1.165, 1.54) is 11.8 Å². The van der Waals surface area contributed by atoms with Gasteiger partial charge in [0.1, 0.15) is 6.61 Å². The minimum atomic E-state index is -0.000390. The van der Waals surface area contributed by atoms with Crippen LogP contribution in [0.5, 0.6) is 0 Å². The van der Waals surface area contributed by atoms with E-state index in [0.29, 0.717) is 28.2 Å². The first-order valence-electron chi connectivity index (χ1n) is 11.8. The number of carbonyl (C=O) groups is 1. The molecule has 0 saturated heterocycles. The molecule has 5 rings (SSSR count). The Bertz CT molecular complexity index is 1510. The van der Waals surface area contributed by atoms with Crippen molar-refractivity contribution in [2.75, 3.05) is 5.75 Å². The lowest BCUT2D eigenvalue weighted by Crippen LogP contribution is -2.15. The van der Waals surface area contributed by atoms with Crippen molar-refractivity contribution in [1.82, 2.24) is 19.5 Å². The summed E-state index contributed by atoms with van der Waals surface area (Å²) in [6.07, 6.45) is 0. The molecule has 0 aliphatic rings. The molecule has 5 aromatic rings. The van der Waals surface area contributed by atoms with E-state index in [4.69, 9.17) is 16.4 Å². The fraction of sp³-hybridized carbons (Fsp3) is 0.138. The maximum absolute atomic E-state index is 13.3. The van der Waals surface area contributed by atoms with E-state index in [2.05, 4.69) is 10.2 Å². The zero-order valence-electron chi connectivity index (χ0n) is 20.5. The number of carbonyl (C=O) groups excluding carboxylic acids is 1. The van der Waals surface area contributed by atoms with Crippen molar-refractivity contribution in [3.05, 3.63) is 119 Å². The largest absolute Gasteiger partial charge is 0.409 e. The summed E-state index contributed by atoms with van der Waals surface area (Å²) in [6.45, 7) is 4.26. The number of halogens is 1. The monoisotopic (exact) mass is 528 g/mol. The van der Waals surface area contributed by atoms with E-state index in [1.54, 1.807) is 4.73 Å². The number of aryl methyl sites for hydroxylation is 1. The van der Waals surface area contributed by atoms with Crippen molar-refractivity contribution in [2.24, 2.45) is 0 Å². The van der Waals surface area contributed by atoms with Crippen molar-refractivity contribution >= 4 is 29.1 Å². The Morgan fingerprint density at radius 1 is 0.919 bits per heavy atom. The predicted octanol–water partition coefficient (Wildman–Crippen LogP) is 6.61. The van der Waals surface area contributed by atoms with Crippen molar-refractivity contribution in [1.29, 1.82) is 0 Å². The van der Waals surface area contributed by atoms with Gasteiger partial charge < -0.3 is 4.84 Å². The summed E-state index contributed by atoms with van der Waals surface area (Å²) in [4.78, 5) is 19.3. The highest BCUT2D eigenvalue weighted by atomic mass is 35.5. The summed E-state index contributed by atoms with van der Waals surface area (Å²) in [7, 11) is 0. The number of Topliss-reactive ketones (excluding diaryl/α,β-unsaturated/α-hetero) is 1. The van der Waals surface area contributed by atoms with Crippen LogP contribution in [0.2, 0.25) is 5.02 Å². The fourth-order valence-corrected chi connectivity index (χ4v) is 5.07. The maximum atomic E-state index is 13.3. The molecule has 6 nitrogen and oxygen atoms in total. The van der Waals surface area contributed by atoms with Gasteiger partial charge in [-0.2, -0.15) is 4.73 Å². The molecule has 0 unspecified atom stereocenters. The minimum Gasteiger partial charge on any atom is -0.409 e. The van der Waals surface area contributed by atoms with Gasteiger partial charge >= 0.3 is 0 Å². The smallest absolute Gasteiger partial charge is 0.196 e. The van der Waals surface area contributed by atoms with Crippen LogP contribution in [0.3, 0.4) is 0 Å². The summed E-state index contributed by atoms with van der Waals surface area (Å²) in [5.74, 6) is 0.911. The van der Waals surface area contributed by atoms with Crippen LogP contribution >= 0.6 is 23.4 Å². The molecule has 0 saturated carbocycles. The molecule has 0 spiro atoms. The third-order valence-electron chi connectivity index (χ3n) is 5.95. The van der Waals surface area contributed by atoms with Gasteiger partial charge in [0.25, 0.3) is 0 Å². The highest BCUT2D eigenvalue weighted by Crippen LogP contribution is 2.29. The Morgan fingerprint density at radius 2 is 1.59 bits per heavy atom. The third-order valence-corrected chi connectivity index (χ3v) is 7.14. The molecule has 0 aliphatic carbocycles. The Labute approximate surface area is 224 Å². The van der Waals surface area contributed by atoms with Crippen LogP contribution < -0.4 is 4.84 Å². The summed E-state index contributed by atoms with van der Waals surface area (Å²) in [6, 6.07) is 29.2. The molecule has 186 valence electrons. The molecular weight excluding hydrogens is 504 g/mol. The zero-order valence-corrected chi connectivity index (χ0v) is 22.0. The molecule has 0 aliphatic heterocycles. The van der Waals surface area contributed by atoms with Gasteiger partial charge in [-0.15, -0.1) is 10.2 Å².